The van der Waals surface area contributed by atoms with Crippen LogP contribution in [0.15, 0.2) is 54.6 Å². The zero-order chi connectivity index (χ0) is 13.9. The van der Waals surface area contributed by atoms with Crippen LogP contribution in [-0.4, -0.2) is 12.0 Å². The van der Waals surface area contributed by atoms with Crippen molar-refractivity contribution >= 4 is 28.1 Å². The smallest absolute Gasteiger partial charge is 0.134 e. The number of hydrogen-bond donors (Lipinski definition) is 2. The maximum Gasteiger partial charge on any atom is 0.134 e. The summed E-state index contributed by atoms with van der Waals surface area (Å²) < 4.78 is 0. The van der Waals surface area contributed by atoms with Crippen molar-refractivity contribution in [2.24, 2.45) is 0 Å². The molecule has 20 heavy (non-hydrogen) atoms. The summed E-state index contributed by atoms with van der Waals surface area (Å²) in [6.45, 7) is 2.07. The third-order valence-corrected chi connectivity index (χ3v) is 3.35. The standard InChI is InChI=1S/C17H17N3/c1-12-11-13-5-3-4-6-16(13)20-17(12)19-15-9-7-14(18-2)8-10-15/h3-11,18H,1-2H3,(H,19,20). The summed E-state index contributed by atoms with van der Waals surface area (Å²) in [6, 6.07) is 18.5. The van der Waals surface area contributed by atoms with Gasteiger partial charge in [-0.15, -0.1) is 0 Å². The number of nitrogens with one attached hydrogen (secondary N) is 2. The van der Waals surface area contributed by atoms with Crippen molar-refractivity contribution in [2.75, 3.05) is 17.7 Å². The van der Waals surface area contributed by atoms with Gasteiger partial charge in [0.25, 0.3) is 0 Å². The molecule has 0 saturated carbocycles. The minimum absolute atomic E-state index is 0.904. The lowest BCUT2D eigenvalue weighted by atomic mass is 10.1. The van der Waals surface area contributed by atoms with Crippen molar-refractivity contribution in [2.45, 2.75) is 6.92 Å². The summed E-state index contributed by atoms with van der Waals surface area (Å²) in [4.78, 5) is 4.69. The first-order chi connectivity index (χ1) is 9.76. The van der Waals surface area contributed by atoms with Gasteiger partial charge in [0.05, 0.1) is 5.52 Å². The molecule has 0 unspecified atom stereocenters. The number of pyridine rings is 1. The summed E-state index contributed by atoms with van der Waals surface area (Å²) >= 11 is 0. The monoisotopic (exact) mass is 263 g/mol. The lowest BCUT2D eigenvalue weighted by Crippen LogP contribution is -1.97. The van der Waals surface area contributed by atoms with Gasteiger partial charge in [0.15, 0.2) is 0 Å². The van der Waals surface area contributed by atoms with E-state index in [9.17, 15) is 0 Å². The van der Waals surface area contributed by atoms with Crippen LogP contribution < -0.4 is 10.6 Å². The van der Waals surface area contributed by atoms with Gasteiger partial charge >= 0.3 is 0 Å². The first kappa shape index (κ1) is 12.5. The predicted octanol–water partition coefficient (Wildman–Crippen LogP) is 4.33. The molecule has 0 radical (unpaired) electrons. The molecule has 3 aromatic rings. The van der Waals surface area contributed by atoms with E-state index in [1.165, 1.54) is 5.39 Å². The van der Waals surface area contributed by atoms with Crippen LogP contribution >= 0.6 is 0 Å². The number of nitrogens with zero attached hydrogens (tertiary/aromatic N) is 1. The number of fused-ring (bicyclic) bond motifs is 1. The summed E-state index contributed by atoms with van der Waals surface area (Å²) in [6.07, 6.45) is 0. The molecule has 3 rings (SSSR count). The molecule has 0 saturated heterocycles. The van der Waals surface area contributed by atoms with Crippen molar-refractivity contribution in [1.82, 2.24) is 4.98 Å². The first-order valence-electron chi connectivity index (χ1n) is 6.67. The number of anilines is 3. The van der Waals surface area contributed by atoms with Crippen LogP contribution in [0, 0.1) is 6.92 Å². The van der Waals surface area contributed by atoms with Gasteiger partial charge in [0.1, 0.15) is 5.82 Å². The Labute approximate surface area is 118 Å². The Morgan fingerprint density at radius 3 is 2.35 bits per heavy atom. The van der Waals surface area contributed by atoms with Gasteiger partial charge in [-0.25, -0.2) is 4.98 Å². The second-order valence-electron chi connectivity index (χ2n) is 4.80. The van der Waals surface area contributed by atoms with Gasteiger partial charge in [-0.2, -0.15) is 0 Å². The molecular formula is C17H17N3. The second kappa shape index (κ2) is 5.21. The molecule has 2 N–H and O–H groups in total. The van der Waals surface area contributed by atoms with Crippen molar-refractivity contribution < 1.29 is 0 Å². The number of benzene rings is 2. The van der Waals surface area contributed by atoms with E-state index in [1.807, 2.05) is 49.5 Å². The SMILES string of the molecule is CNc1ccc(Nc2nc3ccccc3cc2C)cc1. The van der Waals surface area contributed by atoms with Gasteiger partial charge in [-0.3, -0.25) is 0 Å². The van der Waals surface area contributed by atoms with Crippen LogP contribution in [0.25, 0.3) is 10.9 Å². The molecule has 1 aromatic heterocycles. The molecule has 0 atom stereocenters. The molecule has 0 aliphatic heterocycles. The van der Waals surface area contributed by atoms with E-state index >= 15 is 0 Å². The summed E-state index contributed by atoms with van der Waals surface area (Å²) in [7, 11) is 1.91. The summed E-state index contributed by atoms with van der Waals surface area (Å²) in [5.74, 6) is 0.904. The van der Waals surface area contributed by atoms with Gasteiger partial charge < -0.3 is 10.6 Å². The number of aromatic nitrogens is 1. The molecule has 0 aliphatic carbocycles. The van der Waals surface area contributed by atoms with E-state index in [2.05, 4.69) is 34.7 Å². The van der Waals surface area contributed by atoms with Gasteiger partial charge in [-0.1, -0.05) is 18.2 Å². The third-order valence-electron chi connectivity index (χ3n) is 3.35. The van der Waals surface area contributed by atoms with Gasteiger partial charge in [0, 0.05) is 23.8 Å². The van der Waals surface area contributed by atoms with Crippen LogP contribution in [0.3, 0.4) is 0 Å². The Hall–Kier alpha value is -2.55. The molecule has 100 valence electrons. The largest absolute Gasteiger partial charge is 0.388 e. The van der Waals surface area contributed by atoms with Crippen molar-refractivity contribution in [3.8, 4) is 0 Å². The first-order valence-corrected chi connectivity index (χ1v) is 6.67. The van der Waals surface area contributed by atoms with Crippen LogP contribution in [0.1, 0.15) is 5.56 Å². The van der Waals surface area contributed by atoms with E-state index in [4.69, 9.17) is 0 Å². The fraction of sp³-hybridized carbons (Fsp3) is 0.118. The average molecular weight is 263 g/mol. The summed E-state index contributed by atoms with van der Waals surface area (Å²) in [5, 5.41) is 7.65. The van der Waals surface area contributed by atoms with Crippen LogP contribution in [0.5, 0.6) is 0 Å². The highest BCUT2D eigenvalue weighted by Gasteiger charge is 2.03. The van der Waals surface area contributed by atoms with Crippen LogP contribution in [-0.2, 0) is 0 Å². The molecule has 3 heteroatoms. The van der Waals surface area contributed by atoms with Crippen LogP contribution in [0.4, 0.5) is 17.2 Å². The second-order valence-corrected chi connectivity index (χ2v) is 4.80. The quantitative estimate of drug-likeness (QED) is 0.738. The fourth-order valence-electron chi connectivity index (χ4n) is 2.21. The minimum atomic E-state index is 0.904. The molecule has 0 spiro atoms. The maximum absolute atomic E-state index is 4.69. The molecular weight excluding hydrogens is 246 g/mol. The van der Waals surface area contributed by atoms with E-state index < -0.39 is 0 Å². The zero-order valence-corrected chi connectivity index (χ0v) is 11.6. The Bertz CT molecular complexity index is 733. The van der Waals surface area contributed by atoms with Gasteiger partial charge in [0.2, 0.25) is 0 Å². The average Bonchev–Trinajstić information content (AvgIpc) is 2.49. The molecule has 0 amide bonds. The molecule has 1 heterocycles. The molecule has 2 aromatic carbocycles. The molecule has 0 fully saturated rings. The Morgan fingerprint density at radius 1 is 0.900 bits per heavy atom. The topological polar surface area (TPSA) is 37.0 Å². The predicted molar refractivity (Wildman–Crippen MR) is 85.8 cm³/mol. The highest BCUT2D eigenvalue weighted by atomic mass is 15.0. The fourth-order valence-corrected chi connectivity index (χ4v) is 2.21. The highest BCUT2D eigenvalue weighted by molar-refractivity contribution is 5.82. The Balaban J connectivity index is 1.94. The molecule has 3 nitrogen and oxygen atoms in total. The lowest BCUT2D eigenvalue weighted by molar-refractivity contribution is 1.31. The molecule has 0 aliphatic rings. The number of hydrogen-bond acceptors (Lipinski definition) is 3. The normalized spacial score (nSPS) is 10.5. The lowest BCUT2D eigenvalue weighted by Gasteiger charge is -2.10. The highest BCUT2D eigenvalue weighted by Crippen LogP contribution is 2.23. The van der Waals surface area contributed by atoms with E-state index in [-0.39, 0.29) is 0 Å². The molecule has 0 bridgehead atoms. The van der Waals surface area contributed by atoms with Crippen LogP contribution in [0.2, 0.25) is 0 Å². The number of para-hydroxylation sites is 1. The Kier molecular flexibility index (Phi) is 3.25. The zero-order valence-electron chi connectivity index (χ0n) is 11.6. The van der Waals surface area contributed by atoms with E-state index in [1.54, 1.807) is 0 Å². The number of aryl methyl sites for hydroxylation is 1. The van der Waals surface area contributed by atoms with Crippen molar-refractivity contribution in [3.05, 3.63) is 60.2 Å². The Morgan fingerprint density at radius 2 is 1.60 bits per heavy atom. The minimum Gasteiger partial charge on any atom is -0.388 e. The third kappa shape index (κ3) is 2.43. The van der Waals surface area contributed by atoms with Crippen molar-refractivity contribution in [3.63, 3.8) is 0 Å². The maximum atomic E-state index is 4.69. The number of rotatable bonds is 3. The van der Waals surface area contributed by atoms with Gasteiger partial charge in [-0.05, 0) is 48.9 Å². The summed E-state index contributed by atoms with van der Waals surface area (Å²) in [5.41, 5.74) is 4.28. The van der Waals surface area contributed by atoms with Crippen molar-refractivity contribution in [1.29, 1.82) is 0 Å². The van der Waals surface area contributed by atoms with E-state index in [0.29, 0.717) is 0 Å². The van der Waals surface area contributed by atoms with E-state index in [0.717, 1.165) is 28.3 Å².